The number of anilines is 4. The van der Waals surface area contributed by atoms with Crippen LogP contribution in [0.5, 0.6) is 5.75 Å². The molecule has 12 heteroatoms. The van der Waals surface area contributed by atoms with Crippen molar-refractivity contribution in [3.05, 3.63) is 95.6 Å². The van der Waals surface area contributed by atoms with Crippen molar-refractivity contribution in [2.24, 2.45) is 0 Å². The second-order valence-corrected chi connectivity index (χ2v) is 8.11. The number of thiocarbonyl (C=S) groups is 1. The molecule has 37 heavy (non-hydrogen) atoms. The number of ether oxygens (including phenoxy) is 1. The smallest absolute Gasteiger partial charge is 0.248 e. The molecule has 5 N–H and O–H groups in total. The molecular formula is C25H24F2N8OS. The van der Waals surface area contributed by atoms with Crippen LogP contribution in [0.15, 0.2) is 72.8 Å². The van der Waals surface area contributed by atoms with Gasteiger partial charge in [-0.2, -0.15) is 15.0 Å². The minimum atomic E-state index is -0.312. The normalized spacial score (nSPS) is 10.4. The molecule has 0 bridgehead atoms. The van der Waals surface area contributed by atoms with Crippen molar-refractivity contribution < 1.29 is 13.5 Å². The molecule has 190 valence electrons. The summed E-state index contributed by atoms with van der Waals surface area (Å²) in [5.74, 6) is 0.852. The third-order valence-electron chi connectivity index (χ3n) is 5.00. The first kappa shape index (κ1) is 25.5. The summed E-state index contributed by atoms with van der Waals surface area (Å²) in [6.07, 6.45) is 0. The summed E-state index contributed by atoms with van der Waals surface area (Å²) in [6.45, 7) is 0.734. The van der Waals surface area contributed by atoms with E-state index < -0.39 is 0 Å². The van der Waals surface area contributed by atoms with E-state index in [0.29, 0.717) is 13.1 Å². The molecule has 0 aliphatic rings. The fourth-order valence-corrected chi connectivity index (χ4v) is 3.27. The lowest BCUT2D eigenvalue weighted by atomic mass is 10.2. The molecule has 0 saturated heterocycles. The van der Waals surface area contributed by atoms with Gasteiger partial charge >= 0.3 is 0 Å². The van der Waals surface area contributed by atoms with Crippen molar-refractivity contribution in [1.82, 2.24) is 20.4 Å². The van der Waals surface area contributed by atoms with E-state index in [2.05, 4.69) is 41.8 Å². The van der Waals surface area contributed by atoms with E-state index in [0.717, 1.165) is 22.6 Å². The third kappa shape index (κ3) is 7.97. The van der Waals surface area contributed by atoms with Gasteiger partial charge < -0.3 is 20.7 Å². The highest BCUT2D eigenvalue weighted by atomic mass is 32.1. The quantitative estimate of drug-likeness (QED) is 0.149. The summed E-state index contributed by atoms with van der Waals surface area (Å²) in [4.78, 5) is 13.1. The van der Waals surface area contributed by atoms with Gasteiger partial charge in [-0.25, -0.2) is 8.78 Å². The Morgan fingerprint density at radius 2 is 1.22 bits per heavy atom. The lowest BCUT2D eigenvalue weighted by Crippen LogP contribution is -2.34. The molecule has 1 aromatic heterocycles. The molecule has 0 fully saturated rings. The van der Waals surface area contributed by atoms with Crippen molar-refractivity contribution in [3.63, 3.8) is 0 Å². The van der Waals surface area contributed by atoms with Crippen LogP contribution in [0.25, 0.3) is 0 Å². The molecular weight excluding hydrogens is 498 g/mol. The Balaban J connectivity index is 1.42. The van der Waals surface area contributed by atoms with Crippen LogP contribution in [0.2, 0.25) is 0 Å². The zero-order valence-electron chi connectivity index (χ0n) is 19.8. The van der Waals surface area contributed by atoms with Crippen molar-refractivity contribution in [3.8, 4) is 5.75 Å². The highest BCUT2D eigenvalue weighted by molar-refractivity contribution is 7.80. The van der Waals surface area contributed by atoms with Crippen LogP contribution in [0.1, 0.15) is 11.1 Å². The Hall–Kier alpha value is -4.58. The molecule has 0 aliphatic carbocycles. The maximum atomic E-state index is 13.2. The molecule has 4 rings (SSSR count). The van der Waals surface area contributed by atoms with Crippen LogP contribution in [-0.4, -0.2) is 27.2 Å². The average Bonchev–Trinajstić information content (AvgIpc) is 2.92. The van der Waals surface area contributed by atoms with Crippen molar-refractivity contribution in [2.45, 2.75) is 13.1 Å². The van der Waals surface area contributed by atoms with Crippen LogP contribution in [0, 0.1) is 11.6 Å². The molecule has 0 radical (unpaired) electrons. The van der Waals surface area contributed by atoms with Gasteiger partial charge in [0.2, 0.25) is 17.8 Å². The summed E-state index contributed by atoms with van der Waals surface area (Å²) >= 11 is 5.33. The molecule has 9 nitrogen and oxygen atoms in total. The summed E-state index contributed by atoms with van der Waals surface area (Å²) in [6, 6.07) is 19.5. The van der Waals surface area contributed by atoms with Gasteiger partial charge in [-0.05, 0) is 71.9 Å². The van der Waals surface area contributed by atoms with E-state index in [1.807, 2.05) is 24.3 Å². The molecule has 0 atom stereocenters. The zero-order chi connectivity index (χ0) is 26.0. The number of hydrogen-bond donors (Lipinski definition) is 5. The maximum absolute atomic E-state index is 13.2. The van der Waals surface area contributed by atoms with Gasteiger partial charge in [0.05, 0.1) is 7.11 Å². The van der Waals surface area contributed by atoms with Crippen molar-refractivity contribution >= 4 is 40.9 Å². The number of aromatic nitrogens is 3. The molecule has 4 aromatic rings. The van der Waals surface area contributed by atoms with Crippen LogP contribution in [-0.2, 0) is 13.1 Å². The van der Waals surface area contributed by atoms with Gasteiger partial charge in [0.15, 0.2) is 5.11 Å². The number of halogens is 2. The summed E-state index contributed by atoms with van der Waals surface area (Å²) < 4.78 is 31.6. The molecule has 0 saturated carbocycles. The molecule has 0 aliphatic heterocycles. The van der Waals surface area contributed by atoms with Crippen LogP contribution in [0.4, 0.5) is 32.3 Å². The predicted octanol–water partition coefficient (Wildman–Crippen LogP) is 4.70. The number of nitrogens with zero attached hydrogens (tertiary/aromatic N) is 3. The number of methoxy groups -OCH3 is 1. The first-order valence-corrected chi connectivity index (χ1v) is 11.6. The monoisotopic (exact) mass is 522 g/mol. The van der Waals surface area contributed by atoms with E-state index in [1.54, 1.807) is 31.4 Å². The van der Waals surface area contributed by atoms with Gasteiger partial charge in [-0.1, -0.05) is 24.3 Å². The molecule has 0 unspecified atom stereocenters. The molecule has 0 spiro atoms. The number of rotatable bonds is 10. The lowest BCUT2D eigenvalue weighted by molar-refractivity contribution is 0.415. The van der Waals surface area contributed by atoms with Crippen molar-refractivity contribution in [1.29, 1.82) is 0 Å². The SMILES string of the molecule is COc1ccc(NC(=S)NNc2nc(NCc3ccc(F)cc3)nc(NCc3ccc(F)cc3)n2)cc1. The highest BCUT2D eigenvalue weighted by Gasteiger charge is 2.08. The Labute approximate surface area is 217 Å². The van der Waals surface area contributed by atoms with Crippen LogP contribution >= 0.6 is 12.2 Å². The molecule has 1 heterocycles. The second-order valence-electron chi connectivity index (χ2n) is 7.70. The Kier molecular flexibility index (Phi) is 8.55. The molecule has 3 aromatic carbocycles. The summed E-state index contributed by atoms with van der Waals surface area (Å²) in [7, 11) is 1.60. The average molecular weight is 523 g/mol. The topological polar surface area (TPSA) is 108 Å². The van der Waals surface area contributed by atoms with Gasteiger partial charge in [0.1, 0.15) is 17.4 Å². The highest BCUT2D eigenvalue weighted by Crippen LogP contribution is 2.15. The van der Waals surface area contributed by atoms with Gasteiger partial charge in [-0.3, -0.25) is 10.9 Å². The minimum Gasteiger partial charge on any atom is -0.497 e. The standard InChI is InChI=1S/C25H24F2N8OS/c1-36-21-12-10-20(11-13-21)30-25(37)35-34-24-32-22(28-14-16-2-6-18(26)7-3-16)31-23(33-24)29-15-17-4-8-19(27)9-5-17/h2-13H,14-15H2,1H3,(H2,30,35,37)(H3,28,29,31,32,33,34). The zero-order valence-corrected chi connectivity index (χ0v) is 20.6. The first-order valence-electron chi connectivity index (χ1n) is 11.2. The largest absolute Gasteiger partial charge is 0.497 e. The number of hydrazine groups is 1. The fraction of sp³-hybridized carbons (Fsp3) is 0.120. The van der Waals surface area contributed by atoms with Crippen LogP contribution < -0.4 is 31.5 Å². The van der Waals surface area contributed by atoms with E-state index in [4.69, 9.17) is 17.0 Å². The number of nitrogens with one attached hydrogen (secondary N) is 5. The Morgan fingerprint density at radius 3 is 1.70 bits per heavy atom. The maximum Gasteiger partial charge on any atom is 0.248 e. The van der Waals surface area contributed by atoms with Gasteiger partial charge in [0, 0.05) is 18.8 Å². The van der Waals surface area contributed by atoms with Crippen LogP contribution in [0.3, 0.4) is 0 Å². The van der Waals surface area contributed by atoms with Crippen molar-refractivity contribution in [2.75, 3.05) is 28.5 Å². The fourth-order valence-electron chi connectivity index (χ4n) is 3.11. The van der Waals surface area contributed by atoms with E-state index >= 15 is 0 Å². The summed E-state index contributed by atoms with van der Waals surface area (Å²) in [5.41, 5.74) is 8.16. The lowest BCUT2D eigenvalue weighted by Gasteiger charge is -2.14. The Morgan fingerprint density at radius 1 is 0.730 bits per heavy atom. The number of hydrogen-bond acceptors (Lipinski definition) is 8. The third-order valence-corrected chi connectivity index (χ3v) is 5.20. The predicted molar refractivity (Wildman–Crippen MR) is 143 cm³/mol. The number of benzene rings is 3. The van der Waals surface area contributed by atoms with E-state index in [9.17, 15) is 8.78 Å². The molecule has 0 amide bonds. The minimum absolute atomic E-state index is 0.192. The van der Waals surface area contributed by atoms with Gasteiger partial charge in [0.25, 0.3) is 0 Å². The summed E-state index contributed by atoms with van der Waals surface area (Å²) in [5, 5.41) is 9.52. The van der Waals surface area contributed by atoms with E-state index in [1.165, 1.54) is 24.3 Å². The van der Waals surface area contributed by atoms with Gasteiger partial charge in [-0.15, -0.1) is 0 Å². The second kappa shape index (κ2) is 12.4. The first-order chi connectivity index (χ1) is 18.0. The Bertz CT molecular complexity index is 1250. The van der Waals surface area contributed by atoms with E-state index in [-0.39, 0.29) is 34.6 Å².